The first-order chi connectivity index (χ1) is 6.56. The van der Waals surface area contributed by atoms with Crippen molar-refractivity contribution in [2.24, 2.45) is 0 Å². The highest BCUT2D eigenvalue weighted by atomic mass is 19.1. The van der Waals surface area contributed by atoms with Crippen molar-refractivity contribution in [2.45, 2.75) is 0 Å². The molecule has 0 radical (unpaired) electrons. The fourth-order valence-electron chi connectivity index (χ4n) is 0.933. The summed E-state index contributed by atoms with van der Waals surface area (Å²) in [5.74, 6) is -3.04. The molecule has 1 N–H and O–H groups in total. The molecule has 74 valence electrons. The van der Waals surface area contributed by atoms with Crippen LogP contribution in [0.1, 0.15) is 20.7 Å². The monoisotopic (exact) mass is 198 g/mol. The van der Waals surface area contributed by atoms with Crippen molar-refractivity contribution in [1.82, 2.24) is 0 Å². The first-order valence-corrected chi connectivity index (χ1v) is 3.67. The molecule has 1 aromatic rings. The number of halogens is 1. The summed E-state index contributed by atoms with van der Waals surface area (Å²) in [6.45, 7) is 0. The molecule has 0 atom stereocenters. The van der Waals surface area contributed by atoms with E-state index in [4.69, 9.17) is 5.11 Å². The lowest BCUT2D eigenvalue weighted by Gasteiger charge is -2.00. The molecule has 0 aliphatic rings. The largest absolute Gasteiger partial charge is 0.478 e. The van der Waals surface area contributed by atoms with Crippen molar-refractivity contribution in [3.05, 3.63) is 35.1 Å². The molecule has 0 bridgehead atoms. The third kappa shape index (κ3) is 1.87. The molecule has 1 aromatic carbocycles. The van der Waals surface area contributed by atoms with Crippen LogP contribution in [0, 0.1) is 5.82 Å². The lowest BCUT2D eigenvalue weighted by atomic mass is 10.1. The summed E-state index contributed by atoms with van der Waals surface area (Å²) >= 11 is 0. The number of ether oxygens (including phenoxy) is 1. The third-order valence-corrected chi connectivity index (χ3v) is 1.62. The lowest BCUT2D eigenvalue weighted by molar-refractivity contribution is 0.0597. The number of carboxylic acids is 1. The molecular weight excluding hydrogens is 191 g/mol. The Hall–Kier alpha value is -1.91. The molecule has 0 saturated carbocycles. The second-order valence-electron chi connectivity index (χ2n) is 2.49. The summed E-state index contributed by atoms with van der Waals surface area (Å²) in [7, 11) is 1.16. The molecule has 4 nitrogen and oxygen atoms in total. The van der Waals surface area contributed by atoms with Gasteiger partial charge in [0.2, 0.25) is 0 Å². The van der Waals surface area contributed by atoms with Crippen LogP contribution in [0.2, 0.25) is 0 Å². The Morgan fingerprint density at radius 3 is 2.50 bits per heavy atom. The number of carbonyl (C=O) groups excluding carboxylic acids is 1. The van der Waals surface area contributed by atoms with E-state index >= 15 is 0 Å². The zero-order chi connectivity index (χ0) is 10.7. The normalized spacial score (nSPS) is 9.57. The van der Waals surface area contributed by atoms with Gasteiger partial charge in [0.15, 0.2) is 0 Å². The van der Waals surface area contributed by atoms with E-state index in [2.05, 4.69) is 4.74 Å². The van der Waals surface area contributed by atoms with E-state index in [0.717, 1.165) is 19.2 Å². The molecule has 0 spiro atoms. The van der Waals surface area contributed by atoms with Crippen LogP contribution in [0.15, 0.2) is 18.2 Å². The Morgan fingerprint density at radius 1 is 1.43 bits per heavy atom. The maximum absolute atomic E-state index is 13.0. The highest BCUT2D eigenvalue weighted by Gasteiger charge is 2.13. The van der Waals surface area contributed by atoms with Gasteiger partial charge in [-0.2, -0.15) is 0 Å². The lowest BCUT2D eigenvalue weighted by Crippen LogP contribution is -2.05. The van der Waals surface area contributed by atoms with Gasteiger partial charge in [0, 0.05) is 0 Å². The van der Waals surface area contributed by atoms with Gasteiger partial charge in [-0.25, -0.2) is 14.0 Å². The van der Waals surface area contributed by atoms with E-state index in [9.17, 15) is 14.0 Å². The first kappa shape index (κ1) is 10.2. The topological polar surface area (TPSA) is 63.6 Å². The van der Waals surface area contributed by atoms with Crippen LogP contribution < -0.4 is 0 Å². The minimum absolute atomic E-state index is 0.0185. The zero-order valence-corrected chi connectivity index (χ0v) is 7.28. The predicted molar refractivity (Wildman–Crippen MR) is 44.7 cm³/mol. The van der Waals surface area contributed by atoms with Crippen molar-refractivity contribution < 1.29 is 23.8 Å². The van der Waals surface area contributed by atoms with Gasteiger partial charge in [0.1, 0.15) is 5.82 Å². The van der Waals surface area contributed by atoms with Crippen LogP contribution in [0.25, 0.3) is 0 Å². The van der Waals surface area contributed by atoms with Crippen molar-refractivity contribution in [2.75, 3.05) is 7.11 Å². The quantitative estimate of drug-likeness (QED) is 0.727. The van der Waals surface area contributed by atoms with Gasteiger partial charge in [0.25, 0.3) is 0 Å². The number of aromatic carboxylic acids is 1. The highest BCUT2D eigenvalue weighted by Crippen LogP contribution is 2.11. The second kappa shape index (κ2) is 3.87. The number of hydrogen-bond donors (Lipinski definition) is 1. The van der Waals surface area contributed by atoms with Gasteiger partial charge in [0.05, 0.1) is 18.2 Å². The maximum Gasteiger partial charge on any atom is 0.338 e. The summed E-state index contributed by atoms with van der Waals surface area (Å²) < 4.78 is 17.3. The zero-order valence-electron chi connectivity index (χ0n) is 7.28. The number of esters is 1. The summed E-state index contributed by atoms with van der Waals surface area (Å²) in [5.41, 5.74) is -0.493. The number of methoxy groups -OCH3 is 1. The Morgan fingerprint density at radius 2 is 2.07 bits per heavy atom. The molecule has 0 heterocycles. The van der Waals surface area contributed by atoms with Gasteiger partial charge in [-0.05, 0) is 18.2 Å². The van der Waals surface area contributed by atoms with Gasteiger partial charge >= 0.3 is 11.9 Å². The van der Waals surface area contributed by atoms with E-state index in [-0.39, 0.29) is 5.56 Å². The maximum atomic E-state index is 13.0. The van der Waals surface area contributed by atoms with Crippen LogP contribution in [-0.2, 0) is 4.74 Å². The fourth-order valence-corrected chi connectivity index (χ4v) is 0.933. The van der Waals surface area contributed by atoms with Crippen LogP contribution in [0.3, 0.4) is 0 Å². The summed E-state index contributed by atoms with van der Waals surface area (Å²) in [4.78, 5) is 21.3. The molecule has 0 fully saturated rings. The van der Waals surface area contributed by atoms with Gasteiger partial charge < -0.3 is 9.84 Å². The Labute approximate surface area is 78.9 Å². The van der Waals surface area contributed by atoms with Gasteiger partial charge in [-0.1, -0.05) is 0 Å². The SMILES string of the molecule is COC(=O)c1ccc(C(=O)O)c(F)c1. The molecule has 14 heavy (non-hydrogen) atoms. The smallest absolute Gasteiger partial charge is 0.338 e. The average Bonchev–Trinajstić information content (AvgIpc) is 2.15. The van der Waals surface area contributed by atoms with Crippen molar-refractivity contribution in [3.8, 4) is 0 Å². The minimum atomic E-state index is -1.38. The van der Waals surface area contributed by atoms with Gasteiger partial charge in [-0.3, -0.25) is 0 Å². The number of rotatable bonds is 2. The van der Waals surface area contributed by atoms with E-state index in [1.165, 1.54) is 6.07 Å². The van der Waals surface area contributed by atoms with Crippen molar-refractivity contribution in [1.29, 1.82) is 0 Å². The minimum Gasteiger partial charge on any atom is -0.478 e. The fraction of sp³-hybridized carbons (Fsp3) is 0.111. The Kier molecular flexibility index (Phi) is 2.81. The molecule has 0 aromatic heterocycles. The Bertz CT molecular complexity index is 386. The Balaban J connectivity index is 3.12. The van der Waals surface area contributed by atoms with E-state index in [0.29, 0.717) is 0 Å². The average molecular weight is 198 g/mol. The van der Waals surface area contributed by atoms with Crippen LogP contribution in [0.5, 0.6) is 0 Å². The van der Waals surface area contributed by atoms with Crippen molar-refractivity contribution in [3.63, 3.8) is 0 Å². The molecule has 0 amide bonds. The number of benzene rings is 1. The summed E-state index contributed by atoms with van der Waals surface area (Å²) in [5, 5.41) is 8.50. The third-order valence-electron chi connectivity index (χ3n) is 1.62. The van der Waals surface area contributed by atoms with E-state index in [1.807, 2.05) is 0 Å². The molecule has 0 aliphatic heterocycles. The number of carbonyl (C=O) groups is 2. The van der Waals surface area contributed by atoms with Crippen LogP contribution in [0.4, 0.5) is 4.39 Å². The predicted octanol–water partition coefficient (Wildman–Crippen LogP) is 1.31. The number of hydrogen-bond acceptors (Lipinski definition) is 3. The second-order valence-corrected chi connectivity index (χ2v) is 2.49. The molecule has 1 rings (SSSR count). The van der Waals surface area contributed by atoms with Crippen molar-refractivity contribution >= 4 is 11.9 Å². The molecule has 0 aliphatic carbocycles. The standard InChI is InChI=1S/C9H7FO4/c1-14-9(13)5-2-3-6(8(11)12)7(10)4-5/h2-4H,1H3,(H,11,12). The highest BCUT2D eigenvalue weighted by molar-refractivity contribution is 5.92. The van der Waals surface area contributed by atoms with Gasteiger partial charge in [-0.15, -0.1) is 0 Å². The molecular formula is C9H7FO4. The molecule has 0 saturated heterocycles. The number of carboxylic acid groups (broad SMARTS) is 1. The summed E-state index contributed by atoms with van der Waals surface area (Å²) in [6, 6.07) is 3.04. The van der Waals surface area contributed by atoms with E-state index in [1.54, 1.807) is 0 Å². The van der Waals surface area contributed by atoms with Crippen LogP contribution in [-0.4, -0.2) is 24.2 Å². The molecule has 0 unspecified atom stereocenters. The molecule has 5 heteroatoms. The van der Waals surface area contributed by atoms with Crippen LogP contribution >= 0.6 is 0 Å². The first-order valence-electron chi connectivity index (χ1n) is 3.67. The summed E-state index contributed by atoms with van der Waals surface area (Å²) in [6.07, 6.45) is 0. The van der Waals surface area contributed by atoms with E-state index < -0.39 is 23.3 Å².